The van der Waals surface area contributed by atoms with Crippen molar-refractivity contribution in [2.24, 2.45) is 0 Å². The van der Waals surface area contributed by atoms with E-state index in [0.717, 1.165) is 0 Å². The Bertz CT molecular complexity index is 1080. The number of aromatic nitrogens is 2. The molecule has 2 N–H and O–H groups in total. The number of nitrogens with one attached hydrogen (secondary N) is 1. The molecule has 0 aliphatic carbocycles. The number of carboxylic acids is 1. The summed E-state index contributed by atoms with van der Waals surface area (Å²) in [6.07, 6.45) is 3.42. The van der Waals surface area contributed by atoms with E-state index in [-0.39, 0.29) is 23.9 Å². The van der Waals surface area contributed by atoms with Crippen LogP contribution in [0.1, 0.15) is 26.6 Å². The van der Waals surface area contributed by atoms with Gasteiger partial charge in [-0.15, -0.1) is 0 Å². The van der Waals surface area contributed by atoms with E-state index >= 15 is 0 Å². The van der Waals surface area contributed by atoms with Crippen molar-refractivity contribution in [3.8, 4) is 0 Å². The summed E-state index contributed by atoms with van der Waals surface area (Å²) in [5.41, 5.74) is 1.82. The molecule has 7 heteroatoms. The van der Waals surface area contributed by atoms with Crippen molar-refractivity contribution in [1.29, 1.82) is 0 Å². The van der Waals surface area contributed by atoms with Crippen molar-refractivity contribution >= 4 is 28.5 Å². The number of carbonyl (C=O) groups is 2. The molecular formula is C18H13N3O4. The van der Waals surface area contributed by atoms with E-state index in [1.807, 2.05) is 12.1 Å². The Hall–Kier alpha value is -3.61. The minimum absolute atomic E-state index is 0.0331. The second-order valence-corrected chi connectivity index (χ2v) is 5.49. The van der Waals surface area contributed by atoms with Crippen LogP contribution in [-0.2, 0) is 6.54 Å². The molecule has 4 aromatic rings. The van der Waals surface area contributed by atoms with Gasteiger partial charge in [-0.3, -0.25) is 4.79 Å². The van der Waals surface area contributed by atoms with E-state index in [2.05, 4.69) is 10.3 Å². The van der Waals surface area contributed by atoms with Crippen LogP contribution in [0.3, 0.4) is 0 Å². The fourth-order valence-corrected chi connectivity index (χ4v) is 2.75. The maximum Gasteiger partial charge on any atom is 0.372 e. The number of hydrogen-bond donors (Lipinski definition) is 2. The van der Waals surface area contributed by atoms with E-state index in [9.17, 15) is 14.7 Å². The van der Waals surface area contributed by atoms with E-state index in [4.69, 9.17) is 4.42 Å². The second kappa shape index (κ2) is 5.79. The fourth-order valence-electron chi connectivity index (χ4n) is 2.75. The molecule has 0 saturated heterocycles. The first-order valence-electron chi connectivity index (χ1n) is 7.59. The highest BCUT2D eigenvalue weighted by Crippen LogP contribution is 2.25. The number of nitrogens with zero attached hydrogens (tertiary/aromatic N) is 2. The number of hydrogen-bond acceptors (Lipinski definition) is 4. The van der Waals surface area contributed by atoms with Crippen molar-refractivity contribution in [3.05, 3.63) is 71.9 Å². The van der Waals surface area contributed by atoms with Gasteiger partial charge >= 0.3 is 5.97 Å². The molecule has 3 heterocycles. The Balaban J connectivity index is 1.62. The Labute approximate surface area is 141 Å². The van der Waals surface area contributed by atoms with E-state index in [0.29, 0.717) is 22.2 Å². The average molecular weight is 335 g/mol. The Morgan fingerprint density at radius 3 is 2.76 bits per heavy atom. The molecule has 0 bridgehead atoms. The van der Waals surface area contributed by atoms with Crippen LogP contribution in [0.5, 0.6) is 0 Å². The highest BCUT2D eigenvalue weighted by Gasteiger charge is 2.20. The molecule has 0 atom stereocenters. The topological polar surface area (TPSA) is 96.8 Å². The van der Waals surface area contributed by atoms with Crippen molar-refractivity contribution in [2.75, 3.05) is 0 Å². The number of aromatic carboxylic acids is 1. The first kappa shape index (κ1) is 14.9. The maximum atomic E-state index is 12.4. The minimum Gasteiger partial charge on any atom is -0.475 e. The lowest BCUT2D eigenvalue weighted by Crippen LogP contribution is -2.23. The first-order valence-corrected chi connectivity index (χ1v) is 7.59. The van der Waals surface area contributed by atoms with Gasteiger partial charge in [0.05, 0.1) is 0 Å². The lowest BCUT2D eigenvalue weighted by atomic mass is 10.1. The van der Waals surface area contributed by atoms with Crippen LogP contribution >= 0.6 is 0 Å². The van der Waals surface area contributed by atoms with Gasteiger partial charge in [0.15, 0.2) is 0 Å². The number of furan rings is 1. The molecule has 4 rings (SSSR count). The summed E-state index contributed by atoms with van der Waals surface area (Å²) in [5, 5.41) is 12.7. The number of imidazole rings is 1. The molecular weight excluding hydrogens is 322 g/mol. The van der Waals surface area contributed by atoms with Crippen LogP contribution in [0.4, 0.5) is 0 Å². The number of carboxylic acid groups (broad SMARTS) is 1. The zero-order valence-electron chi connectivity index (χ0n) is 13.0. The highest BCUT2D eigenvalue weighted by molar-refractivity contribution is 5.96. The molecule has 0 radical (unpaired) electrons. The van der Waals surface area contributed by atoms with Crippen LogP contribution in [0, 0.1) is 0 Å². The highest BCUT2D eigenvalue weighted by atomic mass is 16.4. The zero-order valence-corrected chi connectivity index (χ0v) is 13.0. The van der Waals surface area contributed by atoms with Gasteiger partial charge in [0.2, 0.25) is 5.76 Å². The van der Waals surface area contributed by atoms with Gasteiger partial charge in [0, 0.05) is 29.9 Å². The van der Waals surface area contributed by atoms with Crippen LogP contribution < -0.4 is 5.32 Å². The summed E-state index contributed by atoms with van der Waals surface area (Å²) in [7, 11) is 0. The molecule has 1 aromatic carbocycles. The summed E-state index contributed by atoms with van der Waals surface area (Å²) in [6, 6.07) is 12.5. The van der Waals surface area contributed by atoms with Crippen molar-refractivity contribution in [1.82, 2.24) is 14.7 Å². The third-order valence-electron chi connectivity index (χ3n) is 3.91. The SMILES string of the molecule is O=C(NCc1c(C(=O)O)oc2ccccc12)c1cn2ccccc2n1. The molecule has 25 heavy (non-hydrogen) atoms. The molecule has 0 fully saturated rings. The largest absolute Gasteiger partial charge is 0.475 e. The Kier molecular flexibility index (Phi) is 3.46. The fraction of sp³-hybridized carbons (Fsp3) is 0.0556. The molecule has 7 nitrogen and oxygen atoms in total. The second-order valence-electron chi connectivity index (χ2n) is 5.49. The van der Waals surface area contributed by atoms with Gasteiger partial charge in [0.25, 0.3) is 5.91 Å². The van der Waals surface area contributed by atoms with Crippen LogP contribution in [0.15, 0.2) is 59.3 Å². The molecule has 1 amide bonds. The van der Waals surface area contributed by atoms with Crippen molar-refractivity contribution < 1.29 is 19.1 Å². The number of carbonyl (C=O) groups excluding carboxylic acids is 1. The number of amides is 1. The van der Waals surface area contributed by atoms with E-state index < -0.39 is 5.97 Å². The number of para-hydroxylation sites is 1. The number of fused-ring (bicyclic) bond motifs is 2. The van der Waals surface area contributed by atoms with Gasteiger partial charge in [-0.05, 0) is 18.2 Å². The third-order valence-corrected chi connectivity index (χ3v) is 3.91. The summed E-state index contributed by atoms with van der Waals surface area (Å²) >= 11 is 0. The standard InChI is InChI=1S/C18H13N3O4/c22-17(13-10-21-8-4-3-7-15(21)20-13)19-9-12-11-5-1-2-6-14(11)25-16(12)18(23)24/h1-8,10H,9H2,(H,19,22)(H,23,24). The molecule has 0 aliphatic rings. The average Bonchev–Trinajstić information content (AvgIpc) is 3.21. The minimum atomic E-state index is -1.17. The van der Waals surface area contributed by atoms with E-state index in [1.165, 1.54) is 0 Å². The van der Waals surface area contributed by atoms with Gasteiger partial charge in [-0.1, -0.05) is 24.3 Å². The lowest BCUT2D eigenvalue weighted by Gasteiger charge is -2.03. The predicted octanol–water partition coefficient (Wildman–Crippen LogP) is 2.71. The monoisotopic (exact) mass is 335 g/mol. The quantitative estimate of drug-likeness (QED) is 0.598. The van der Waals surface area contributed by atoms with Gasteiger partial charge in [-0.2, -0.15) is 0 Å². The lowest BCUT2D eigenvalue weighted by molar-refractivity contribution is 0.0662. The predicted molar refractivity (Wildman–Crippen MR) is 89.5 cm³/mol. The van der Waals surface area contributed by atoms with Crippen molar-refractivity contribution in [2.45, 2.75) is 6.54 Å². The normalized spacial score (nSPS) is 11.0. The zero-order chi connectivity index (χ0) is 17.4. The van der Waals surface area contributed by atoms with Gasteiger partial charge < -0.3 is 19.2 Å². The third kappa shape index (κ3) is 2.61. The summed E-state index contributed by atoms with van der Waals surface area (Å²) in [6.45, 7) is 0.0331. The first-order chi connectivity index (χ1) is 12.1. The molecule has 124 valence electrons. The number of rotatable bonds is 4. The summed E-state index contributed by atoms with van der Waals surface area (Å²) < 4.78 is 7.12. The Morgan fingerprint density at radius 2 is 1.96 bits per heavy atom. The molecule has 0 saturated carbocycles. The Morgan fingerprint density at radius 1 is 1.16 bits per heavy atom. The van der Waals surface area contributed by atoms with Gasteiger partial charge in [0.1, 0.15) is 16.9 Å². The molecule has 0 unspecified atom stereocenters. The van der Waals surface area contributed by atoms with Crippen molar-refractivity contribution in [3.63, 3.8) is 0 Å². The summed E-state index contributed by atoms with van der Waals surface area (Å²) in [4.78, 5) is 28.0. The smallest absolute Gasteiger partial charge is 0.372 e. The van der Waals surface area contributed by atoms with Crippen LogP contribution in [0.25, 0.3) is 16.6 Å². The molecule has 0 aliphatic heterocycles. The van der Waals surface area contributed by atoms with Crippen LogP contribution in [-0.4, -0.2) is 26.4 Å². The number of pyridine rings is 1. The van der Waals surface area contributed by atoms with Crippen LogP contribution in [0.2, 0.25) is 0 Å². The van der Waals surface area contributed by atoms with Gasteiger partial charge in [-0.25, -0.2) is 9.78 Å². The van der Waals surface area contributed by atoms with E-state index in [1.54, 1.807) is 47.1 Å². The number of benzene rings is 1. The maximum absolute atomic E-state index is 12.4. The molecule has 3 aromatic heterocycles. The molecule has 0 spiro atoms. The summed E-state index contributed by atoms with van der Waals surface area (Å²) in [5.74, 6) is -1.73.